The molecule has 9 heteroatoms. The Hall–Kier alpha value is -3.23. The summed E-state index contributed by atoms with van der Waals surface area (Å²) in [5.41, 5.74) is -0.535. The zero-order valence-electron chi connectivity index (χ0n) is 27.3. The van der Waals surface area contributed by atoms with Crippen LogP contribution in [0.2, 0.25) is 0 Å². The lowest BCUT2D eigenvalue weighted by molar-refractivity contribution is -0.137. The van der Waals surface area contributed by atoms with Gasteiger partial charge >= 0.3 is 6.18 Å². The molecule has 0 aliphatic carbocycles. The predicted molar refractivity (Wildman–Crippen MR) is 169 cm³/mol. The van der Waals surface area contributed by atoms with Crippen molar-refractivity contribution in [3.8, 4) is 17.0 Å². The van der Waals surface area contributed by atoms with E-state index in [4.69, 9.17) is 9.73 Å². The van der Waals surface area contributed by atoms with Crippen molar-refractivity contribution < 1.29 is 22.3 Å². The zero-order chi connectivity index (χ0) is 32.5. The number of aliphatic imine (C=N–C) groups is 2. The van der Waals surface area contributed by atoms with Gasteiger partial charge in [0.25, 0.3) is 0 Å². The number of alkyl halides is 3. The highest BCUT2D eigenvalue weighted by Crippen LogP contribution is 2.41. The first-order chi connectivity index (χ1) is 19.9. The van der Waals surface area contributed by atoms with Gasteiger partial charge in [0.2, 0.25) is 0 Å². The lowest BCUT2D eigenvalue weighted by Gasteiger charge is -2.27. The molecular formula is C33H50F4N4O. The monoisotopic (exact) mass is 594 g/mol. The average molecular weight is 595 g/mol. The summed E-state index contributed by atoms with van der Waals surface area (Å²) >= 11 is 0. The summed E-state index contributed by atoms with van der Waals surface area (Å²) in [7, 11) is 3.06. The summed E-state index contributed by atoms with van der Waals surface area (Å²) in [4.78, 5) is 14.7. The molecule has 0 N–H and O–H groups in total. The van der Waals surface area contributed by atoms with E-state index in [9.17, 15) is 13.2 Å². The SMILES string of the molecule is CC.CCC/C=C(\C)N=C(c1c(OC)cc(-c2nccc(C)c2C(F)(F)F)c(F)c1C)N(CC)CC=NC.CCCC. The summed E-state index contributed by atoms with van der Waals surface area (Å²) in [6.07, 6.45) is 4.65. The van der Waals surface area contributed by atoms with Crippen molar-refractivity contribution in [3.63, 3.8) is 0 Å². The maximum absolute atomic E-state index is 15.9. The number of ether oxygens (including phenoxy) is 1. The molecule has 2 aromatic rings. The standard InChI is InChI=1S/C27H34F4N4O.C4H10.C2H6/c1-8-10-11-18(4)34-26(35(9-2)15-14-32-6)22-19(5)24(28)20(16-21(22)36-7)25-23(27(29,30)31)17(3)12-13-33-25;1-3-4-2;1-2/h11-14,16H,8-10,15H2,1-7H3;3-4H2,1-2H3;1-2H3/b18-11+,32-14?,34-26?;;. The molecule has 1 aromatic heterocycles. The minimum Gasteiger partial charge on any atom is -0.496 e. The van der Waals surface area contributed by atoms with Crippen molar-refractivity contribution in [3.05, 3.63) is 58.2 Å². The van der Waals surface area contributed by atoms with Crippen LogP contribution in [0, 0.1) is 19.7 Å². The largest absolute Gasteiger partial charge is 0.496 e. The zero-order valence-corrected chi connectivity index (χ0v) is 27.3. The third-order valence-electron chi connectivity index (χ3n) is 6.28. The third-order valence-corrected chi connectivity index (χ3v) is 6.28. The molecule has 0 atom stereocenters. The van der Waals surface area contributed by atoms with Crippen LogP contribution in [0.25, 0.3) is 11.3 Å². The number of hydrogen-bond acceptors (Lipinski definition) is 4. The van der Waals surface area contributed by atoms with Crippen LogP contribution in [0.4, 0.5) is 17.6 Å². The van der Waals surface area contributed by atoms with E-state index < -0.39 is 23.3 Å². The first-order valence-corrected chi connectivity index (χ1v) is 14.7. The molecule has 42 heavy (non-hydrogen) atoms. The normalized spacial score (nSPS) is 12.0. The van der Waals surface area contributed by atoms with Crippen LogP contribution in [-0.2, 0) is 6.18 Å². The van der Waals surface area contributed by atoms with Gasteiger partial charge in [-0.25, -0.2) is 9.38 Å². The number of rotatable bonds is 10. The van der Waals surface area contributed by atoms with Crippen molar-refractivity contribution >= 4 is 12.1 Å². The van der Waals surface area contributed by atoms with Gasteiger partial charge < -0.3 is 9.64 Å². The molecule has 0 fully saturated rings. The first kappa shape index (κ1) is 38.8. The van der Waals surface area contributed by atoms with Crippen molar-refractivity contribution in [1.82, 2.24) is 9.88 Å². The molecule has 0 saturated heterocycles. The number of nitrogens with zero attached hydrogens (tertiary/aromatic N) is 4. The molecule has 236 valence electrons. The summed E-state index contributed by atoms with van der Waals surface area (Å²) in [6, 6.07) is 2.53. The van der Waals surface area contributed by atoms with Gasteiger partial charge in [0.05, 0.1) is 30.5 Å². The fourth-order valence-electron chi connectivity index (χ4n) is 3.89. The van der Waals surface area contributed by atoms with Crippen LogP contribution in [0.15, 0.2) is 40.1 Å². The molecule has 2 rings (SSSR count). The van der Waals surface area contributed by atoms with E-state index in [1.54, 1.807) is 13.3 Å². The van der Waals surface area contributed by atoms with Gasteiger partial charge in [-0.2, -0.15) is 13.2 Å². The van der Waals surface area contributed by atoms with E-state index in [-0.39, 0.29) is 22.4 Å². The predicted octanol–water partition coefficient (Wildman–Crippen LogP) is 9.84. The number of pyridine rings is 1. The maximum atomic E-state index is 15.9. The van der Waals surface area contributed by atoms with E-state index in [2.05, 4.69) is 30.7 Å². The van der Waals surface area contributed by atoms with Crippen LogP contribution in [0.1, 0.15) is 96.4 Å². The minimum atomic E-state index is -4.70. The van der Waals surface area contributed by atoms with Crippen molar-refractivity contribution in [2.45, 2.75) is 94.2 Å². The van der Waals surface area contributed by atoms with Crippen LogP contribution < -0.4 is 4.74 Å². The third kappa shape index (κ3) is 10.9. The quantitative estimate of drug-likeness (QED) is 0.156. The number of aromatic nitrogens is 1. The lowest BCUT2D eigenvalue weighted by atomic mass is 9.95. The molecular weight excluding hydrogens is 544 g/mol. The van der Waals surface area contributed by atoms with Gasteiger partial charge in [-0.3, -0.25) is 9.98 Å². The first-order valence-electron chi connectivity index (χ1n) is 14.7. The summed E-state index contributed by atoms with van der Waals surface area (Å²) in [6.45, 7) is 18.0. The van der Waals surface area contributed by atoms with E-state index >= 15 is 4.39 Å². The minimum absolute atomic E-state index is 0.0393. The Labute approximate surface area is 250 Å². The molecule has 0 radical (unpaired) electrons. The van der Waals surface area contributed by atoms with Crippen molar-refractivity contribution in [2.75, 3.05) is 27.2 Å². The fraction of sp³-hybridized carbons (Fsp3) is 0.545. The highest BCUT2D eigenvalue weighted by Gasteiger charge is 2.37. The van der Waals surface area contributed by atoms with Crippen LogP contribution in [0.5, 0.6) is 5.75 Å². The Kier molecular flexibility index (Phi) is 18.3. The molecule has 1 heterocycles. The van der Waals surface area contributed by atoms with E-state index in [1.165, 1.54) is 52.1 Å². The topological polar surface area (TPSA) is 50.1 Å². The number of halogens is 4. The van der Waals surface area contributed by atoms with E-state index in [1.807, 2.05) is 38.7 Å². The summed E-state index contributed by atoms with van der Waals surface area (Å²) in [5.74, 6) is -0.151. The molecule has 0 spiro atoms. The number of allylic oxidation sites excluding steroid dienone is 2. The van der Waals surface area contributed by atoms with Crippen LogP contribution >= 0.6 is 0 Å². The molecule has 0 aliphatic heterocycles. The van der Waals surface area contributed by atoms with Gasteiger partial charge in [-0.1, -0.05) is 60.0 Å². The Morgan fingerprint density at radius 2 is 1.69 bits per heavy atom. The molecule has 0 amide bonds. The Morgan fingerprint density at radius 3 is 2.17 bits per heavy atom. The second kappa shape index (κ2) is 19.8. The number of aryl methyl sites for hydroxylation is 1. The van der Waals surface area contributed by atoms with Crippen molar-refractivity contribution in [2.24, 2.45) is 9.98 Å². The number of benzene rings is 1. The summed E-state index contributed by atoms with van der Waals surface area (Å²) in [5, 5.41) is 0. The Balaban J connectivity index is 0.00000257. The van der Waals surface area contributed by atoms with Crippen LogP contribution in [-0.4, -0.2) is 49.2 Å². The van der Waals surface area contributed by atoms with Crippen molar-refractivity contribution in [1.29, 1.82) is 0 Å². The molecule has 1 aromatic carbocycles. The number of amidine groups is 1. The Morgan fingerprint density at radius 1 is 1.07 bits per heavy atom. The van der Waals surface area contributed by atoms with Gasteiger partial charge in [0.1, 0.15) is 17.4 Å². The molecule has 0 bridgehead atoms. The van der Waals surface area contributed by atoms with Gasteiger partial charge in [0, 0.05) is 42.8 Å². The molecule has 0 unspecified atom stereocenters. The van der Waals surface area contributed by atoms with Crippen LogP contribution in [0.3, 0.4) is 0 Å². The number of hydrogen-bond donors (Lipinski definition) is 0. The Bertz CT molecular complexity index is 1190. The highest BCUT2D eigenvalue weighted by atomic mass is 19.4. The average Bonchev–Trinajstić information content (AvgIpc) is 2.97. The number of methoxy groups -OCH3 is 1. The molecule has 5 nitrogen and oxygen atoms in total. The maximum Gasteiger partial charge on any atom is 0.418 e. The fourth-order valence-corrected chi connectivity index (χ4v) is 3.89. The summed E-state index contributed by atoms with van der Waals surface area (Å²) < 4.78 is 63.2. The smallest absolute Gasteiger partial charge is 0.418 e. The number of unbranched alkanes of at least 4 members (excludes halogenated alkanes) is 2. The van der Waals surface area contributed by atoms with Gasteiger partial charge in [0.15, 0.2) is 0 Å². The highest BCUT2D eigenvalue weighted by molar-refractivity contribution is 6.04. The lowest BCUT2D eigenvalue weighted by Crippen LogP contribution is -2.34. The van der Waals surface area contributed by atoms with Gasteiger partial charge in [-0.05, 0) is 51.8 Å². The second-order valence-corrected chi connectivity index (χ2v) is 9.34. The second-order valence-electron chi connectivity index (χ2n) is 9.34. The van der Waals surface area contributed by atoms with E-state index in [0.717, 1.165) is 18.5 Å². The van der Waals surface area contributed by atoms with Gasteiger partial charge in [-0.15, -0.1) is 0 Å². The molecule has 0 aliphatic rings. The van der Waals surface area contributed by atoms with E-state index in [0.29, 0.717) is 24.5 Å². The molecule has 0 saturated carbocycles.